The van der Waals surface area contributed by atoms with Crippen LogP contribution in [0.15, 0.2) is 41.4 Å². The van der Waals surface area contributed by atoms with E-state index in [4.69, 9.17) is 4.74 Å². The van der Waals surface area contributed by atoms with E-state index in [1.165, 1.54) is 5.56 Å². The van der Waals surface area contributed by atoms with Crippen LogP contribution in [-0.4, -0.2) is 31.0 Å². The summed E-state index contributed by atoms with van der Waals surface area (Å²) >= 11 is 0. The number of aromatic hydroxyl groups is 1. The molecule has 0 spiro atoms. The van der Waals surface area contributed by atoms with Gasteiger partial charge in [0.1, 0.15) is 11.5 Å². The van der Waals surface area contributed by atoms with Crippen LogP contribution in [0, 0.1) is 5.92 Å². The van der Waals surface area contributed by atoms with Crippen LogP contribution in [-0.2, 0) is 6.54 Å². The normalized spacial score (nSPS) is 16.4. The second kappa shape index (κ2) is 5.46. The van der Waals surface area contributed by atoms with Gasteiger partial charge in [0, 0.05) is 30.8 Å². The Morgan fingerprint density at radius 2 is 1.95 bits per heavy atom. The summed E-state index contributed by atoms with van der Waals surface area (Å²) in [5.74, 6) is 1.79. The van der Waals surface area contributed by atoms with E-state index in [1.807, 2.05) is 18.3 Å². The Kier molecular flexibility index (Phi) is 3.31. The number of hydrogen-bond donors (Lipinski definition) is 2. The Morgan fingerprint density at radius 1 is 1.14 bits per heavy atom. The molecule has 0 radical (unpaired) electrons. The Hall–Kier alpha value is -2.33. The molecule has 4 rings (SSSR count). The van der Waals surface area contributed by atoms with Gasteiger partial charge in [0.2, 0.25) is 0 Å². The van der Waals surface area contributed by atoms with Crippen molar-refractivity contribution in [1.29, 1.82) is 0 Å². The van der Waals surface area contributed by atoms with Gasteiger partial charge in [-0.05, 0) is 41.0 Å². The second-order valence-corrected chi connectivity index (χ2v) is 5.90. The third-order valence-corrected chi connectivity index (χ3v) is 4.25. The fourth-order valence-corrected chi connectivity index (χ4v) is 2.81. The van der Waals surface area contributed by atoms with Crippen LogP contribution in [0.3, 0.4) is 0 Å². The maximum Gasteiger partial charge on any atom is 0.129 e. The SMILES string of the molecule is Oc1ccc(-c2cc3c(c(OCC4CNC4)c2)C=NC3)cc1. The highest BCUT2D eigenvalue weighted by atomic mass is 16.5. The zero-order chi connectivity index (χ0) is 14.9. The molecule has 0 aliphatic carbocycles. The van der Waals surface area contributed by atoms with E-state index >= 15 is 0 Å². The van der Waals surface area contributed by atoms with Crippen molar-refractivity contribution >= 4 is 6.21 Å². The van der Waals surface area contributed by atoms with Gasteiger partial charge in [-0.15, -0.1) is 0 Å². The number of aliphatic imine (C=N–C) groups is 1. The van der Waals surface area contributed by atoms with E-state index in [2.05, 4.69) is 22.4 Å². The van der Waals surface area contributed by atoms with E-state index in [0.717, 1.165) is 42.1 Å². The summed E-state index contributed by atoms with van der Waals surface area (Å²) in [6.45, 7) is 3.52. The van der Waals surface area contributed by atoms with Crippen molar-refractivity contribution in [2.75, 3.05) is 19.7 Å². The highest BCUT2D eigenvalue weighted by molar-refractivity contribution is 5.90. The number of rotatable bonds is 4. The number of nitrogens with one attached hydrogen (secondary N) is 1. The number of benzene rings is 2. The predicted molar refractivity (Wildman–Crippen MR) is 86.7 cm³/mol. The van der Waals surface area contributed by atoms with Gasteiger partial charge in [-0.1, -0.05) is 12.1 Å². The molecule has 0 atom stereocenters. The van der Waals surface area contributed by atoms with Crippen molar-refractivity contribution in [3.8, 4) is 22.6 Å². The number of fused-ring (bicyclic) bond motifs is 1. The van der Waals surface area contributed by atoms with Gasteiger partial charge < -0.3 is 15.2 Å². The van der Waals surface area contributed by atoms with E-state index in [9.17, 15) is 5.11 Å². The summed E-state index contributed by atoms with van der Waals surface area (Å²) in [5, 5.41) is 12.7. The quantitative estimate of drug-likeness (QED) is 0.911. The molecule has 4 nitrogen and oxygen atoms in total. The molecule has 2 aliphatic heterocycles. The lowest BCUT2D eigenvalue weighted by Gasteiger charge is -2.27. The molecule has 0 unspecified atom stereocenters. The molecule has 112 valence electrons. The lowest BCUT2D eigenvalue weighted by Crippen LogP contribution is -2.45. The monoisotopic (exact) mass is 294 g/mol. The Labute approximate surface area is 129 Å². The summed E-state index contributed by atoms with van der Waals surface area (Å²) in [7, 11) is 0. The highest BCUT2D eigenvalue weighted by Crippen LogP contribution is 2.33. The van der Waals surface area contributed by atoms with Crippen LogP contribution in [0.25, 0.3) is 11.1 Å². The van der Waals surface area contributed by atoms with E-state index in [1.54, 1.807) is 12.1 Å². The number of ether oxygens (including phenoxy) is 1. The van der Waals surface area contributed by atoms with Crippen molar-refractivity contribution in [1.82, 2.24) is 5.32 Å². The van der Waals surface area contributed by atoms with Gasteiger partial charge >= 0.3 is 0 Å². The lowest BCUT2D eigenvalue weighted by molar-refractivity contribution is 0.199. The first-order valence-electron chi connectivity index (χ1n) is 7.59. The molecule has 0 amide bonds. The number of hydrogen-bond acceptors (Lipinski definition) is 4. The van der Waals surface area contributed by atoms with Crippen molar-refractivity contribution in [2.24, 2.45) is 10.9 Å². The number of phenolic OH excluding ortho intramolecular Hbond substituents is 1. The molecule has 0 saturated carbocycles. The van der Waals surface area contributed by atoms with Crippen LogP contribution < -0.4 is 10.1 Å². The molecule has 22 heavy (non-hydrogen) atoms. The minimum atomic E-state index is 0.280. The van der Waals surface area contributed by atoms with E-state index < -0.39 is 0 Å². The molecule has 1 fully saturated rings. The fourth-order valence-electron chi connectivity index (χ4n) is 2.81. The average Bonchev–Trinajstić information content (AvgIpc) is 2.94. The first-order chi connectivity index (χ1) is 10.8. The van der Waals surface area contributed by atoms with Gasteiger partial charge in [0.05, 0.1) is 13.2 Å². The molecule has 1 saturated heterocycles. The Bertz CT molecular complexity index is 719. The van der Waals surface area contributed by atoms with Crippen LogP contribution in [0.5, 0.6) is 11.5 Å². The largest absolute Gasteiger partial charge is 0.508 e. The minimum absolute atomic E-state index is 0.280. The zero-order valence-corrected chi connectivity index (χ0v) is 12.2. The third-order valence-electron chi connectivity index (χ3n) is 4.25. The van der Waals surface area contributed by atoms with Crippen molar-refractivity contribution in [3.05, 3.63) is 47.5 Å². The maximum absolute atomic E-state index is 9.44. The van der Waals surface area contributed by atoms with Gasteiger partial charge in [-0.2, -0.15) is 0 Å². The van der Waals surface area contributed by atoms with Gasteiger partial charge in [0.25, 0.3) is 0 Å². The van der Waals surface area contributed by atoms with Crippen LogP contribution >= 0.6 is 0 Å². The number of nitrogens with zero attached hydrogens (tertiary/aromatic N) is 1. The minimum Gasteiger partial charge on any atom is -0.508 e. The molecule has 2 aromatic carbocycles. The molecular weight excluding hydrogens is 276 g/mol. The molecule has 2 N–H and O–H groups in total. The smallest absolute Gasteiger partial charge is 0.129 e. The number of phenols is 1. The standard InChI is InChI=1S/C18H18N2O2/c21-16-3-1-13(2-4-16)14-5-15-9-20-10-17(15)18(6-14)22-11-12-7-19-8-12/h1-6,10,12,19,21H,7-9,11H2. The molecular formula is C18H18N2O2. The summed E-state index contributed by atoms with van der Waals surface area (Å²) in [4.78, 5) is 4.36. The molecule has 4 heteroatoms. The van der Waals surface area contributed by atoms with Crippen LogP contribution in [0.1, 0.15) is 11.1 Å². The van der Waals surface area contributed by atoms with E-state index in [0.29, 0.717) is 12.5 Å². The van der Waals surface area contributed by atoms with Crippen molar-refractivity contribution in [2.45, 2.75) is 6.54 Å². The van der Waals surface area contributed by atoms with Gasteiger partial charge in [-0.3, -0.25) is 4.99 Å². The molecule has 2 aromatic rings. The van der Waals surface area contributed by atoms with Gasteiger partial charge in [0.15, 0.2) is 0 Å². The molecule has 0 aromatic heterocycles. The first-order valence-corrected chi connectivity index (χ1v) is 7.59. The average molecular weight is 294 g/mol. The van der Waals surface area contributed by atoms with Crippen LogP contribution in [0.4, 0.5) is 0 Å². The van der Waals surface area contributed by atoms with Crippen molar-refractivity contribution < 1.29 is 9.84 Å². The summed E-state index contributed by atoms with van der Waals surface area (Å²) in [5.41, 5.74) is 4.48. The molecule has 0 bridgehead atoms. The van der Waals surface area contributed by atoms with Crippen molar-refractivity contribution in [3.63, 3.8) is 0 Å². The van der Waals surface area contributed by atoms with E-state index in [-0.39, 0.29) is 5.75 Å². The highest BCUT2D eigenvalue weighted by Gasteiger charge is 2.20. The molecule has 2 heterocycles. The fraction of sp³-hybridized carbons (Fsp3) is 0.278. The first kappa shape index (κ1) is 13.3. The lowest BCUT2D eigenvalue weighted by atomic mass is 9.99. The van der Waals surface area contributed by atoms with Crippen LogP contribution in [0.2, 0.25) is 0 Å². The maximum atomic E-state index is 9.44. The second-order valence-electron chi connectivity index (χ2n) is 5.90. The van der Waals surface area contributed by atoms with Gasteiger partial charge in [-0.25, -0.2) is 0 Å². The summed E-state index contributed by atoms with van der Waals surface area (Å²) in [6, 6.07) is 11.5. The summed E-state index contributed by atoms with van der Waals surface area (Å²) < 4.78 is 6.06. The Morgan fingerprint density at radius 3 is 2.68 bits per heavy atom. The zero-order valence-electron chi connectivity index (χ0n) is 12.2. The topological polar surface area (TPSA) is 53.9 Å². The predicted octanol–water partition coefficient (Wildman–Crippen LogP) is 2.59. The third kappa shape index (κ3) is 2.46. The summed E-state index contributed by atoms with van der Waals surface area (Å²) in [6.07, 6.45) is 1.91. The Balaban J connectivity index is 1.66. The molecule has 2 aliphatic rings.